The molecule has 0 aliphatic carbocycles. The van der Waals surface area contributed by atoms with Gasteiger partial charge in [-0.25, -0.2) is 5.14 Å². The standard InChI is InChI=1S/C9H14N2O4S/c1-7-2-3-8(15-7)9-6-11(4-5-14-9)16(10,12)13/h2-3,9H,4-6H2,1H3,(H2,10,12,13)/t9-/m0/s1. The fourth-order valence-corrected chi connectivity index (χ4v) is 2.33. The second kappa shape index (κ2) is 4.17. The van der Waals surface area contributed by atoms with Crippen LogP contribution < -0.4 is 5.14 Å². The van der Waals surface area contributed by atoms with Gasteiger partial charge in [0.2, 0.25) is 0 Å². The maximum Gasteiger partial charge on any atom is 0.277 e. The van der Waals surface area contributed by atoms with Gasteiger partial charge in [-0.05, 0) is 19.1 Å². The highest BCUT2D eigenvalue weighted by Gasteiger charge is 2.29. The van der Waals surface area contributed by atoms with Gasteiger partial charge in [-0.15, -0.1) is 0 Å². The van der Waals surface area contributed by atoms with E-state index in [2.05, 4.69) is 0 Å². The van der Waals surface area contributed by atoms with Crippen molar-refractivity contribution in [3.05, 3.63) is 23.7 Å². The van der Waals surface area contributed by atoms with Crippen LogP contribution in [0.25, 0.3) is 0 Å². The Kier molecular flexibility index (Phi) is 3.02. The molecule has 0 bridgehead atoms. The molecule has 2 rings (SSSR count). The molecule has 2 N–H and O–H groups in total. The van der Waals surface area contributed by atoms with E-state index in [9.17, 15) is 8.42 Å². The summed E-state index contributed by atoms with van der Waals surface area (Å²) in [5.74, 6) is 1.40. The summed E-state index contributed by atoms with van der Waals surface area (Å²) in [6, 6.07) is 3.60. The lowest BCUT2D eigenvalue weighted by molar-refractivity contribution is -0.0146. The minimum atomic E-state index is -3.65. The van der Waals surface area contributed by atoms with Gasteiger partial charge in [0.1, 0.15) is 17.6 Å². The third-order valence-corrected chi connectivity index (χ3v) is 3.52. The third kappa shape index (κ3) is 2.43. The predicted octanol–water partition coefficient (Wildman–Crippen LogP) is 0.165. The maximum absolute atomic E-state index is 11.2. The van der Waals surface area contributed by atoms with Crippen molar-refractivity contribution >= 4 is 10.2 Å². The third-order valence-electron chi connectivity index (χ3n) is 2.47. The quantitative estimate of drug-likeness (QED) is 0.805. The Morgan fingerprint density at radius 1 is 1.50 bits per heavy atom. The molecule has 1 aromatic heterocycles. The van der Waals surface area contributed by atoms with Gasteiger partial charge < -0.3 is 9.15 Å². The number of ether oxygens (including phenoxy) is 1. The number of rotatable bonds is 2. The smallest absolute Gasteiger partial charge is 0.277 e. The highest BCUT2D eigenvalue weighted by molar-refractivity contribution is 7.86. The van der Waals surface area contributed by atoms with Crippen molar-refractivity contribution in [3.63, 3.8) is 0 Å². The largest absolute Gasteiger partial charge is 0.464 e. The van der Waals surface area contributed by atoms with E-state index >= 15 is 0 Å². The Morgan fingerprint density at radius 3 is 2.81 bits per heavy atom. The molecule has 90 valence electrons. The summed E-state index contributed by atoms with van der Waals surface area (Å²) in [5, 5.41) is 5.07. The van der Waals surface area contributed by atoms with E-state index in [1.165, 1.54) is 4.31 Å². The van der Waals surface area contributed by atoms with Crippen molar-refractivity contribution in [2.24, 2.45) is 5.14 Å². The number of furan rings is 1. The van der Waals surface area contributed by atoms with Gasteiger partial charge in [-0.1, -0.05) is 0 Å². The lowest BCUT2D eigenvalue weighted by atomic mass is 10.2. The van der Waals surface area contributed by atoms with Crippen LogP contribution in [0.5, 0.6) is 0 Å². The molecule has 1 aliphatic rings. The Hall–Kier alpha value is -0.890. The van der Waals surface area contributed by atoms with Crippen LogP contribution in [0.3, 0.4) is 0 Å². The molecule has 2 heterocycles. The van der Waals surface area contributed by atoms with Crippen molar-refractivity contribution in [1.29, 1.82) is 0 Å². The monoisotopic (exact) mass is 246 g/mol. The molecular weight excluding hydrogens is 232 g/mol. The highest BCUT2D eigenvalue weighted by atomic mass is 32.2. The second-order valence-electron chi connectivity index (χ2n) is 3.71. The number of morpholine rings is 1. The Bertz CT molecular complexity index is 468. The summed E-state index contributed by atoms with van der Waals surface area (Å²) in [4.78, 5) is 0. The van der Waals surface area contributed by atoms with Gasteiger partial charge in [0.15, 0.2) is 0 Å². The van der Waals surface area contributed by atoms with Crippen LogP contribution >= 0.6 is 0 Å². The first-order chi connectivity index (χ1) is 7.47. The van der Waals surface area contributed by atoms with Gasteiger partial charge in [-0.3, -0.25) is 0 Å². The van der Waals surface area contributed by atoms with Gasteiger partial charge in [0.05, 0.1) is 6.61 Å². The van der Waals surface area contributed by atoms with Crippen LogP contribution in [-0.2, 0) is 14.9 Å². The average molecular weight is 246 g/mol. The van der Waals surface area contributed by atoms with Crippen LogP contribution in [0.1, 0.15) is 17.6 Å². The zero-order valence-corrected chi connectivity index (χ0v) is 9.74. The molecule has 1 saturated heterocycles. The first kappa shape index (κ1) is 11.6. The van der Waals surface area contributed by atoms with E-state index in [1.54, 1.807) is 6.07 Å². The van der Waals surface area contributed by atoms with E-state index in [0.29, 0.717) is 12.4 Å². The molecule has 0 spiro atoms. The normalized spacial score (nSPS) is 23.5. The van der Waals surface area contributed by atoms with Gasteiger partial charge in [0, 0.05) is 13.1 Å². The Balaban J connectivity index is 2.13. The molecule has 0 amide bonds. The van der Waals surface area contributed by atoms with Crippen molar-refractivity contribution in [3.8, 4) is 0 Å². The molecule has 1 atom stereocenters. The molecular formula is C9H14N2O4S. The van der Waals surface area contributed by atoms with Gasteiger partial charge in [-0.2, -0.15) is 12.7 Å². The first-order valence-corrected chi connectivity index (χ1v) is 6.43. The van der Waals surface area contributed by atoms with Crippen molar-refractivity contribution in [2.75, 3.05) is 19.7 Å². The van der Waals surface area contributed by atoms with E-state index in [-0.39, 0.29) is 19.2 Å². The Morgan fingerprint density at radius 2 is 2.25 bits per heavy atom. The highest BCUT2D eigenvalue weighted by Crippen LogP contribution is 2.24. The molecule has 0 aromatic carbocycles. The van der Waals surface area contributed by atoms with Crippen molar-refractivity contribution in [1.82, 2.24) is 4.31 Å². The van der Waals surface area contributed by atoms with Crippen LogP contribution in [0, 0.1) is 6.92 Å². The summed E-state index contributed by atoms with van der Waals surface area (Å²) >= 11 is 0. The van der Waals surface area contributed by atoms with Crippen LogP contribution in [0.2, 0.25) is 0 Å². The molecule has 0 unspecified atom stereocenters. The van der Waals surface area contributed by atoms with Crippen molar-refractivity contribution in [2.45, 2.75) is 13.0 Å². The molecule has 16 heavy (non-hydrogen) atoms. The van der Waals surface area contributed by atoms with Crippen molar-refractivity contribution < 1.29 is 17.6 Å². The first-order valence-electron chi connectivity index (χ1n) is 4.92. The predicted molar refractivity (Wildman–Crippen MR) is 56.8 cm³/mol. The Labute approximate surface area is 94.2 Å². The number of nitrogens with zero attached hydrogens (tertiary/aromatic N) is 1. The van der Waals surface area contributed by atoms with E-state index in [1.807, 2.05) is 13.0 Å². The summed E-state index contributed by atoms with van der Waals surface area (Å²) in [7, 11) is -3.65. The number of hydrogen-bond donors (Lipinski definition) is 1. The lowest BCUT2D eigenvalue weighted by Crippen LogP contribution is -2.45. The molecule has 0 saturated carbocycles. The zero-order chi connectivity index (χ0) is 11.8. The average Bonchev–Trinajstić information content (AvgIpc) is 2.64. The summed E-state index contributed by atoms with van der Waals surface area (Å²) in [6.45, 7) is 2.63. The van der Waals surface area contributed by atoms with Crippen LogP contribution in [0.15, 0.2) is 16.5 Å². The molecule has 1 fully saturated rings. The molecule has 1 aromatic rings. The minimum absolute atomic E-state index is 0.200. The molecule has 1 aliphatic heterocycles. The number of aryl methyl sites for hydroxylation is 1. The zero-order valence-electron chi connectivity index (χ0n) is 8.92. The molecule has 0 radical (unpaired) electrons. The fourth-order valence-electron chi connectivity index (χ4n) is 1.66. The second-order valence-corrected chi connectivity index (χ2v) is 5.26. The van der Waals surface area contributed by atoms with E-state index in [4.69, 9.17) is 14.3 Å². The maximum atomic E-state index is 11.2. The van der Waals surface area contributed by atoms with Gasteiger partial charge >= 0.3 is 0 Å². The fraction of sp³-hybridized carbons (Fsp3) is 0.556. The topological polar surface area (TPSA) is 85.8 Å². The van der Waals surface area contributed by atoms with E-state index in [0.717, 1.165) is 5.76 Å². The number of hydrogen-bond acceptors (Lipinski definition) is 4. The van der Waals surface area contributed by atoms with Crippen LogP contribution in [-0.4, -0.2) is 32.4 Å². The SMILES string of the molecule is Cc1ccc([C@@H]2CN(S(N)(=O)=O)CCO2)o1. The lowest BCUT2D eigenvalue weighted by Gasteiger charge is -2.29. The molecule has 6 nitrogen and oxygen atoms in total. The summed E-state index contributed by atoms with van der Waals surface area (Å²) in [6.07, 6.45) is -0.374. The van der Waals surface area contributed by atoms with E-state index < -0.39 is 10.2 Å². The molecule has 7 heteroatoms. The van der Waals surface area contributed by atoms with Gasteiger partial charge in [0.25, 0.3) is 10.2 Å². The minimum Gasteiger partial charge on any atom is -0.464 e. The summed E-state index contributed by atoms with van der Waals surface area (Å²) in [5.41, 5.74) is 0. The summed E-state index contributed by atoms with van der Waals surface area (Å²) < 4.78 is 34.4. The number of nitrogens with two attached hydrogens (primary N) is 1. The van der Waals surface area contributed by atoms with Crippen LogP contribution in [0.4, 0.5) is 0 Å².